The van der Waals surface area contributed by atoms with Crippen LogP contribution in [0.3, 0.4) is 0 Å². The Hall–Kier alpha value is -2.08. The van der Waals surface area contributed by atoms with E-state index >= 15 is 0 Å². The Labute approximate surface area is 99.3 Å². The highest BCUT2D eigenvalue weighted by Crippen LogP contribution is 2.14. The number of aliphatic carboxylic acids is 1. The highest BCUT2D eigenvalue weighted by Gasteiger charge is 2.12. The minimum Gasteiger partial charge on any atom is -0.480 e. The lowest BCUT2D eigenvalue weighted by Crippen LogP contribution is -2.33. The van der Waals surface area contributed by atoms with Gasteiger partial charge in [-0.05, 0) is 24.1 Å². The van der Waals surface area contributed by atoms with Crippen LogP contribution in [-0.4, -0.2) is 30.1 Å². The van der Waals surface area contributed by atoms with Crippen molar-refractivity contribution in [1.29, 1.82) is 5.41 Å². The van der Waals surface area contributed by atoms with E-state index in [1.165, 1.54) is 4.90 Å². The van der Waals surface area contributed by atoms with Crippen LogP contribution < -0.4 is 16.4 Å². The Bertz CT molecular complexity index is 416. The standard InChI is InChI=1S/C11H16N4O2/c1-15(11(13)14)8-4-2-7(3-5-8)6-9(12)10(16)17/h2-5,9H,6,12H2,1H3,(H3,13,14)(H,16,17). The van der Waals surface area contributed by atoms with Gasteiger partial charge in [0.15, 0.2) is 5.96 Å². The zero-order chi connectivity index (χ0) is 13.0. The van der Waals surface area contributed by atoms with Crippen molar-refractivity contribution in [3.8, 4) is 0 Å². The molecule has 0 bridgehead atoms. The number of carbonyl (C=O) groups is 1. The number of rotatable bonds is 4. The van der Waals surface area contributed by atoms with Gasteiger partial charge in [0.05, 0.1) is 0 Å². The van der Waals surface area contributed by atoms with Crippen LogP contribution in [0.4, 0.5) is 5.69 Å². The molecule has 1 unspecified atom stereocenters. The number of nitrogens with two attached hydrogens (primary N) is 2. The summed E-state index contributed by atoms with van der Waals surface area (Å²) >= 11 is 0. The summed E-state index contributed by atoms with van der Waals surface area (Å²) in [5.41, 5.74) is 12.4. The average Bonchev–Trinajstić information content (AvgIpc) is 2.28. The molecule has 0 radical (unpaired) electrons. The van der Waals surface area contributed by atoms with Gasteiger partial charge < -0.3 is 21.5 Å². The molecule has 0 fully saturated rings. The minimum absolute atomic E-state index is 0.0556. The number of hydrogen-bond donors (Lipinski definition) is 4. The first-order valence-electron chi connectivity index (χ1n) is 5.07. The molecule has 0 aliphatic carbocycles. The summed E-state index contributed by atoms with van der Waals surface area (Å²) in [5, 5.41) is 15.9. The van der Waals surface area contributed by atoms with Crippen molar-refractivity contribution >= 4 is 17.6 Å². The van der Waals surface area contributed by atoms with E-state index in [9.17, 15) is 4.79 Å². The van der Waals surface area contributed by atoms with Crippen LogP contribution in [0.2, 0.25) is 0 Å². The molecule has 1 rings (SSSR count). The maximum atomic E-state index is 10.6. The number of nitrogens with one attached hydrogen (secondary N) is 1. The second kappa shape index (κ2) is 5.31. The molecule has 6 N–H and O–H groups in total. The fraction of sp³-hybridized carbons (Fsp3) is 0.273. The van der Waals surface area contributed by atoms with Crippen LogP contribution in [0, 0.1) is 5.41 Å². The molecule has 92 valence electrons. The van der Waals surface area contributed by atoms with Gasteiger partial charge in [0, 0.05) is 12.7 Å². The summed E-state index contributed by atoms with van der Waals surface area (Å²) in [6.07, 6.45) is 0.277. The lowest BCUT2D eigenvalue weighted by molar-refractivity contribution is -0.138. The summed E-state index contributed by atoms with van der Waals surface area (Å²) < 4.78 is 0. The Morgan fingerprint density at radius 2 is 2.00 bits per heavy atom. The number of benzene rings is 1. The maximum absolute atomic E-state index is 10.6. The summed E-state index contributed by atoms with van der Waals surface area (Å²) in [5.74, 6) is -1.07. The predicted octanol–water partition coefficient (Wildman–Crippen LogP) is -0.0293. The molecular formula is C11H16N4O2. The van der Waals surface area contributed by atoms with Gasteiger partial charge in [0.2, 0.25) is 0 Å². The summed E-state index contributed by atoms with van der Waals surface area (Å²) in [7, 11) is 1.68. The van der Waals surface area contributed by atoms with Crippen LogP contribution in [0.25, 0.3) is 0 Å². The number of guanidine groups is 1. The first-order chi connectivity index (χ1) is 7.91. The van der Waals surface area contributed by atoms with Crippen molar-refractivity contribution in [2.45, 2.75) is 12.5 Å². The van der Waals surface area contributed by atoms with E-state index in [-0.39, 0.29) is 12.4 Å². The van der Waals surface area contributed by atoms with Crippen molar-refractivity contribution in [3.05, 3.63) is 29.8 Å². The van der Waals surface area contributed by atoms with Crippen molar-refractivity contribution in [1.82, 2.24) is 0 Å². The van der Waals surface area contributed by atoms with Crippen LogP contribution in [-0.2, 0) is 11.2 Å². The lowest BCUT2D eigenvalue weighted by atomic mass is 10.1. The van der Waals surface area contributed by atoms with E-state index in [4.69, 9.17) is 22.0 Å². The number of carboxylic acids is 1. The normalized spacial score (nSPS) is 11.9. The quantitative estimate of drug-likeness (QED) is 0.432. The summed E-state index contributed by atoms with van der Waals surface area (Å²) in [6, 6.07) is 6.19. The first kappa shape index (κ1) is 13.0. The SMILES string of the molecule is CN(C(=N)N)c1ccc(CC(N)C(=O)O)cc1. The van der Waals surface area contributed by atoms with Gasteiger partial charge in [0.25, 0.3) is 0 Å². The van der Waals surface area contributed by atoms with Crippen LogP contribution in [0.1, 0.15) is 5.56 Å². The van der Waals surface area contributed by atoms with Gasteiger partial charge in [-0.15, -0.1) is 0 Å². The number of anilines is 1. The number of carboxylic acid groups (broad SMARTS) is 1. The zero-order valence-corrected chi connectivity index (χ0v) is 9.55. The molecule has 1 aromatic rings. The number of hydrogen-bond acceptors (Lipinski definition) is 3. The van der Waals surface area contributed by atoms with Crippen LogP contribution in [0.5, 0.6) is 0 Å². The lowest BCUT2D eigenvalue weighted by Gasteiger charge is -2.17. The van der Waals surface area contributed by atoms with E-state index in [0.717, 1.165) is 11.3 Å². The van der Waals surface area contributed by atoms with Crippen LogP contribution in [0.15, 0.2) is 24.3 Å². The average molecular weight is 236 g/mol. The third-order valence-electron chi connectivity index (χ3n) is 2.46. The predicted molar refractivity (Wildman–Crippen MR) is 66.1 cm³/mol. The molecule has 17 heavy (non-hydrogen) atoms. The van der Waals surface area contributed by atoms with E-state index < -0.39 is 12.0 Å². The Balaban J connectivity index is 2.75. The third kappa shape index (κ3) is 3.46. The van der Waals surface area contributed by atoms with Crippen molar-refractivity contribution in [3.63, 3.8) is 0 Å². The van der Waals surface area contributed by atoms with Gasteiger partial charge in [0.1, 0.15) is 6.04 Å². The smallest absolute Gasteiger partial charge is 0.320 e. The van der Waals surface area contributed by atoms with E-state index in [0.29, 0.717) is 0 Å². The first-order valence-corrected chi connectivity index (χ1v) is 5.07. The molecule has 0 aliphatic heterocycles. The Morgan fingerprint density at radius 3 is 2.41 bits per heavy atom. The van der Waals surface area contributed by atoms with Crippen molar-refractivity contribution in [2.75, 3.05) is 11.9 Å². The van der Waals surface area contributed by atoms with E-state index in [2.05, 4.69) is 0 Å². The molecule has 0 heterocycles. The highest BCUT2D eigenvalue weighted by molar-refractivity contribution is 5.91. The Morgan fingerprint density at radius 1 is 1.47 bits per heavy atom. The van der Waals surface area contributed by atoms with Gasteiger partial charge in [-0.1, -0.05) is 12.1 Å². The van der Waals surface area contributed by atoms with Gasteiger partial charge in [-0.2, -0.15) is 0 Å². The van der Waals surface area contributed by atoms with Gasteiger partial charge in [-0.25, -0.2) is 0 Å². The van der Waals surface area contributed by atoms with Gasteiger partial charge in [-0.3, -0.25) is 10.2 Å². The zero-order valence-electron chi connectivity index (χ0n) is 9.55. The molecule has 1 atom stereocenters. The maximum Gasteiger partial charge on any atom is 0.320 e. The summed E-state index contributed by atoms with van der Waals surface area (Å²) in [4.78, 5) is 12.1. The minimum atomic E-state index is -1.02. The fourth-order valence-electron chi connectivity index (χ4n) is 1.34. The molecule has 0 spiro atoms. The Kier molecular flexibility index (Phi) is 4.06. The summed E-state index contributed by atoms with van der Waals surface area (Å²) in [6.45, 7) is 0. The van der Waals surface area contributed by atoms with Crippen LogP contribution >= 0.6 is 0 Å². The molecule has 0 aliphatic rings. The largest absolute Gasteiger partial charge is 0.480 e. The number of nitrogens with zero attached hydrogens (tertiary/aromatic N) is 1. The fourth-order valence-corrected chi connectivity index (χ4v) is 1.34. The third-order valence-corrected chi connectivity index (χ3v) is 2.46. The highest BCUT2D eigenvalue weighted by atomic mass is 16.4. The molecule has 0 aromatic heterocycles. The molecule has 0 amide bonds. The van der Waals surface area contributed by atoms with Crippen molar-refractivity contribution in [2.24, 2.45) is 11.5 Å². The van der Waals surface area contributed by atoms with Gasteiger partial charge >= 0.3 is 5.97 Å². The monoisotopic (exact) mass is 236 g/mol. The molecule has 6 heteroatoms. The molecule has 6 nitrogen and oxygen atoms in total. The second-order valence-corrected chi connectivity index (χ2v) is 3.76. The molecular weight excluding hydrogens is 220 g/mol. The van der Waals surface area contributed by atoms with E-state index in [1.807, 2.05) is 0 Å². The molecule has 0 saturated heterocycles. The topological polar surface area (TPSA) is 116 Å². The molecule has 1 aromatic carbocycles. The second-order valence-electron chi connectivity index (χ2n) is 3.76. The molecule has 0 saturated carbocycles. The van der Waals surface area contributed by atoms with E-state index in [1.54, 1.807) is 31.3 Å². The van der Waals surface area contributed by atoms with Crippen molar-refractivity contribution < 1.29 is 9.90 Å².